The Morgan fingerprint density at radius 2 is 2.12 bits per heavy atom. The first kappa shape index (κ1) is 11.5. The van der Waals surface area contributed by atoms with Crippen molar-refractivity contribution >= 4 is 0 Å². The van der Waals surface area contributed by atoms with Crippen LogP contribution in [0, 0.1) is 17.6 Å². The van der Waals surface area contributed by atoms with Crippen LogP contribution in [0.1, 0.15) is 31.7 Å². The second kappa shape index (κ2) is 4.91. The molecule has 0 bridgehead atoms. The maximum atomic E-state index is 12.9. The minimum atomic E-state index is -0.779. The van der Waals surface area contributed by atoms with Crippen LogP contribution in [-0.4, -0.2) is 6.04 Å². The highest BCUT2D eigenvalue weighted by atomic mass is 19.2. The standard InChI is InChI=1S/C13H17F2N/c1-2-3-10-7-13(10)16-8-9-4-5-11(14)12(15)6-9/h4-6,10,13,16H,2-3,7-8H2,1H3. The zero-order chi connectivity index (χ0) is 11.5. The maximum absolute atomic E-state index is 12.9. The van der Waals surface area contributed by atoms with E-state index in [9.17, 15) is 8.78 Å². The van der Waals surface area contributed by atoms with Gasteiger partial charge in [-0.15, -0.1) is 0 Å². The first-order valence-corrected chi connectivity index (χ1v) is 5.88. The highest BCUT2D eigenvalue weighted by molar-refractivity contribution is 5.18. The predicted molar refractivity (Wildman–Crippen MR) is 60.0 cm³/mol. The second-order valence-electron chi connectivity index (χ2n) is 4.52. The molecule has 1 fully saturated rings. The van der Waals surface area contributed by atoms with Gasteiger partial charge < -0.3 is 5.32 Å². The van der Waals surface area contributed by atoms with Gasteiger partial charge in [-0.3, -0.25) is 0 Å². The number of halogens is 2. The van der Waals surface area contributed by atoms with Crippen molar-refractivity contribution in [3.63, 3.8) is 0 Å². The molecule has 0 aromatic heterocycles. The number of benzene rings is 1. The molecule has 1 nitrogen and oxygen atoms in total. The van der Waals surface area contributed by atoms with Gasteiger partial charge >= 0.3 is 0 Å². The molecule has 1 aromatic rings. The van der Waals surface area contributed by atoms with Crippen LogP contribution in [0.5, 0.6) is 0 Å². The van der Waals surface area contributed by atoms with Crippen LogP contribution >= 0.6 is 0 Å². The summed E-state index contributed by atoms with van der Waals surface area (Å²) in [5.41, 5.74) is 0.807. The molecular formula is C13H17F2N. The van der Waals surface area contributed by atoms with Crippen LogP contribution in [0.3, 0.4) is 0 Å². The van der Waals surface area contributed by atoms with Gasteiger partial charge in [0.05, 0.1) is 0 Å². The Hall–Kier alpha value is -0.960. The fraction of sp³-hybridized carbons (Fsp3) is 0.538. The Morgan fingerprint density at radius 3 is 2.81 bits per heavy atom. The Balaban J connectivity index is 1.80. The average molecular weight is 225 g/mol. The number of rotatable bonds is 5. The molecule has 3 heteroatoms. The molecule has 0 spiro atoms. The molecule has 1 aromatic carbocycles. The van der Waals surface area contributed by atoms with Crippen molar-refractivity contribution in [1.82, 2.24) is 5.32 Å². The van der Waals surface area contributed by atoms with Crippen LogP contribution in [0.25, 0.3) is 0 Å². The van der Waals surface area contributed by atoms with Gasteiger partial charge in [-0.25, -0.2) is 8.78 Å². The monoisotopic (exact) mass is 225 g/mol. The summed E-state index contributed by atoms with van der Waals surface area (Å²) in [4.78, 5) is 0. The molecule has 1 aliphatic carbocycles. The van der Waals surface area contributed by atoms with E-state index >= 15 is 0 Å². The van der Waals surface area contributed by atoms with Gasteiger partial charge in [-0.2, -0.15) is 0 Å². The fourth-order valence-corrected chi connectivity index (χ4v) is 2.09. The molecule has 16 heavy (non-hydrogen) atoms. The topological polar surface area (TPSA) is 12.0 Å². The first-order chi connectivity index (χ1) is 7.70. The number of nitrogens with one attached hydrogen (secondary N) is 1. The van der Waals surface area contributed by atoms with Gasteiger partial charge in [0.1, 0.15) is 0 Å². The fourth-order valence-electron chi connectivity index (χ4n) is 2.09. The van der Waals surface area contributed by atoms with Crippen molar-refractivity contribution < 1.29 is 8.78 Å². The zero-order valence-electron chi connectivity index (χ0n) is 9.47. The van der Waals surface area contributed by atoms with Gasteiger partial charge in [0.15, 0.2) is 11.6 Å². The number of hydrogen-bond donors (Lipinski definition) is 1. The lowest BCUT2D eigenvalue weighted by Crippen LogP contribution is -2.17. The Bertz CT molecular complexity index is 365. The molecule has 2 rings (SSSR count). The third-order valence-electron chi connectivity index (χ3n) is 3.13. The molecule has 1 saturated carbocycles. The lowest BCUT2D eigenvalue weighted by molar-refractivity contribution is 0.505. The predicted octanol–water partition coefficient (Wildman–Crippen LogP) is 3.24. The average Bonchev–Trinajstić information content (AvgIpc) is 2.99. The van der Waals surface area contributed by atoms with E-state index in [1.807, 2.05) is 0 Å². The van der Waals surface area contributed by atoms with Crippen molar-refractivity contribution in [3.05, 3.63) is 35.4 Å². The Morgan fingerprint density at radius 1 is 1.31 bits per heavy atom. The van der Waals surface area contributed by atoms with Gasteiger partial charge in [0.2, 0.25) is 0 Å². The lowest BCUT2D eigenvalue weighted by Gasteiger charge is -2.04. The van der Waals surface area contributed by atoms with Crippen LogP contribution in [0.15, 0.2) is 18.2 Å². The molecule has 1 N–H and O–H groups in total. The van der Waals surface area contributed by atoms with Gasteiger partial charge in [-0.1, -0.05) is 19.4 Å². The smallest absolute Gasteiger partial charge is 0.159 e. The van der Waals surface area contributed by atoms with E-state index in [2.05, 4.69) is 12.2 Å². The van der Waals surface area contributed by atoms with Crippen molar-refractivity contribution in [2.75, 3.05) is 0 Å². The summed E-state index contributed by atoms with van der Waals surface area (Å²) >= 11 is 0. The molecule has 88 valence electrons. The van der Waals surface area contributed by atoms with E-state index in [0.29, 0.717) is 12.6 Å². The quantitative estimate of drug-likeness (QED) is 0.811. The molecule has 0 radical (unpaired) electrons. The van der Waals surface area contributed by atoms with Crippen LogP contribution in [0.4, 0.5) is 8.78 Å². The van der Waals surface area contributed by atoms with E-state index in [4.69, 9.17) is 0 Å². The molecule has 2 unspecified atom stereocenters. The first-order valence-electron chi connectivity index (χ1n) is 5.88. The molecule has 2 atom stereocenters. The molecule has 0 saturated heterocycles. The van der Waals surface area contributed by atoms with Gasteiger partial charge in [-0.05, 0) is 36.5 Å². The van der Waals surface area contributed by atoms with E-state index in [-0.39, 0.29) is 0 Å². The minimum Gasteiger partial charge on any atom is -0.310 e. The summed E-state index contributed by atoms with van der Waals surface area (Å²) in [6, 6.07) is 4.65. The molecule has 1 aliphatic rings. The number of hydrogen-bond acceptors (Lipinski definition) is 1. The van der Waals surface area contributed by atoms with Gasteiger partial charge in [0, 0.05) is 12.6 Å². The van der Waals surface area contributed by atoms with Crippen molar-refractivity contribution in [2.24, 2.45) is 5.92 Å². The SMILES string of the molecule is CCCC1CC1NCc1ccc(F)c(F)c1. The summed E-state index contributed by atoms with van der Waals surface area (Å²) in [6.45, 7) is 2.81. The highest BCUT2D eigenvalue weighted by Crippen LogP contribution is 2.34. The summed E-state index contributed by atoms with van der Waals surface area (Å²) in [5, 5.41) is 3.37. The largest absolute Gasteiger partial charge is 0.310 e. The van der Waals surface area contributed by atoms with E-state index in [0.717, 1.165) is 11.5 Å². The van der Waals surface area contributed by atoms with Crippen molar-refractivity contribution in [3.8, 4) is 0 Å². The van der Waals surface area contributed by atoms with Crippen LogP contribution < -0.4 is 5.32 Å². The molecule has 0 amide bonds. The molecule has 0 heterocycles. The molecular weight excluding hydrogens is 208 g/mol. The summed E-state index contributed by atoms with van der Waals surface area (Å²) < 4.78 is 25.6. The molecule has 0 aliphatic heterocycles. The van der Waals surface area contributed by atoms with Crippen molar-refractivity contribution in [1.29, 1.82) is 0 Å². The van der Waals surface area contributed by atoms with Gasteiger partial charge in [0.25, 0.3) is 0 Å². The lowest BCUT2D eigenvalue weighted by atomic mass is 10.2. The van der Waals surface area contributed by atoms with E-state index in [1.54, 1.807) is 6.07 Å². The van der Waals surface area contributed by atoms with Crippen LogP contribution in [-0.2, 0) is 6.54 Å². The Kier molecular flexibility index (Phi) is 3.54. The third-order valence-corrected chi connectivity index (χ3v) is 3.13. The third kappa shape index (κ3) is 2.79. The maximum Gasteiger partial charge on any atom is 0.159 e. The minimum absolute atomic E-state index is 0.577. The normalized spacial score (nSPS) is 23.4. The van der Waals surface area contributed by atoms with E-state index in [1.165, 1.54) is 31.4 Å². The zero-order valence-corrected chi connectivity index (χ0v) is 9.47. The Labute approximate surface area is 94.9 Å². The summed E-state index contributed by atoms with van der Waals surface area (Å²) in [5.74, 6) is -0.755. The second-order valence-corrected chi connectivity index (χ2v) is 4.52. The summed E-state index contributed by atoms with van der Waals surface area (Å²) in [7, 11) is 0. The van der Waals surface area contributed by atoms with Crippen molar-refractivity contribution in [2.45, 2.75) is 38.8 Å². The van der Waals surface area contributed by atoms with E-state index < -0.39 is 11.6 Å². The highest BCUT2D eigenvalue weighted by Gasteiger charge is 2.35. The van der Waals surface area contributed by atoms with Crippen LogP contribution in [0.2, 0.25) is 0 Å². The summed E-state index contributed by atoms with van der Waals surface area (Å²) in [6.07, 6.45) is 3.70.